The van der Waals surface area contributed by atoms with Gasteiger partial charge in [0.15, 0.2) is 0 Å². The Bertz CT molecular complexity index is 706. The van der Waals surface area contributed by atoms with Gasteiger partial charge in [-0.25, -0.2) is 14.8 Å². The third-order valence-electron chi connectivity index (χ3n) is 3.68. The smallest absolute Gasteiger partial charge is 0.407 e. The third-order valence-corrected chi connectivity index (χ3v) is 3.68. The van der Waals surface area contributed by atoms with Crippen molar-refractivity contribution in [1.29, 1.82) is 0 Å². The van der Waals surface area contributed by atoms with Crippen LogP contribution in [0.4, 0.5) is 10.6 Å². The van der Waals surface area contributed by atoms with E-state index >= 15 is 0 Å². The normalized spacial score (nSPS) is 12.7. The zero-order valence-electron chi connectivity index (χ0n) is 15.3. The number of anilines is 1. The zero-order valence-corrected chi connectivity index (χ0v) is 15.3. The van der Waals surface area contributed by atoms with Gasteiger partial charge in [-0.05, 0) is 26.7 Å². The van der Waals surface area contributed by atoms with Crippen LogP contribution in [0.2, 0.25) is 0 Å². The standard InChI is InChI=1S/C16H25N7O2/c1-11(9-23(15(24)25)16(2,3)4)6-18-14-8-17-12(7-19-14)13-10-22(5)21-20-13/h7-8,10-11H,6,9H2,1-5H3,(H,18,19)(H,24,25). The number of amides is 1. The third kappa shape index (κ3) is 5.13. The van der Waals surface area contributed by atoms with Gasteiger partial charge in [-0.3, -0.25) is 4.68 Å². The van der Waals surface area contributed by atoms with Gasteiger partial charge >= 0.3 is 6.09 Å². The van der Waals surface area contributed by atoms with E-state index in [4.69, 9.17) is 0 Å². The first kappa shape index (κ1) is 18.6. The molecule has 9 nitrogen and oxygen atoms in total. The number of hydrogen-bond donors (Lipinski definition) is 2. The Morgan fingerprint density at radius 3 is 2.52 bits per heavy atom. The van der Waals surface area contributed by atoms with Crippen molar-refractivity contribution in [3.05, 3.63) is 18.6 Å². The van der Waals surface area contributed by atoms with E-state index in [0.717, 1.165) is 0 Å². The van der Waals surface area contributed by atoms with E-state index < -0.39 is 11.6 Å². The van der Waals surface area contributed by atoms with E-state index in [0.29, 0.717) is 30.3 Å². The van der Waals surface area contributed by atoms with Gasteiger partial charge in [0.05, 0.1) is 18.6 Å². The summed E-state index contributed by atoms with van der Waals surface area (Å²) in [5.41, 5.74) is 0.881. The Hall–Kier alpha value is -2.71. The molecule has 2 rings (SSSR count). The maximum Gasteiger partial charge on any atom is 0.407 e. The Balaban J connectivity index is 1.91. The van der Waals surface area contributed by atoms with Gasteiger partial charge in [-0.15, -0.1) is 5.10 Å². The molecule has 0 aliphatic carbocycles. The van der Waals surface area contributed by atoms with Crippen LogP contribution in [-0.4, -0.2) is 59.7 Å². The van der Waals surface area contributed by atoms with Crippen LogP contribution < -0.4 is 5.32 Å². The molecule has 1 atom stereocenters. The van der Waals surface area contributed by atoms with Crippen LogP contribution in [0, 0.1) is 5.92 Å². The number of hydrogen-bond acceptors (Lipinski definition) is 6. The molecular weight excluding hydrogens is 322 g/mol. The summed E-state index contributed by atoms with van der Waals surface area (Å²) in [7, 11) is 1.79. The molecule has 0 spiro atoms. The first-order valence-electron chi connectivity index (χ1n) is 8.10. The maximum atomic E-state index is 11.4. The molecule has 2 N–H and O–H groups in total. The predicted octanol–water partition coefficient (Wildman–Crippen LogP) is 2.10. The fraction of sp³-hybridized carbons (Fsp3) is 0.562. The summed E-state index contributed by atoms with van der Waals surface area (Å²) >= 11 is 0. The fourth-order valence-corrected chi connectivity index (χ4v) is 2.31. The average Bonchev–Trinajstić information content (AvgIpc) is 2.96. The number of carbonyl (C=O) groups is 1. The average molecular weight is 347 g/mol. The van der Waals surface area contributed by atoms with Crippen molar-refractivity contribution in [3.8, 4) is 11.4 Å². The molecule has 0 aliphatic heterocycles. The van der Waals surface area contributed by atoms with Crippen molar-refractivity contribution in [2.75, 3.05) is 18.4 Å². The molecule has 0 radical (unpaired) electrons. The first-order chi connectivity index (χ1) is 11.7. The van der Waals surface area contributed by atoms with Gasteiger partial charge in [0.25, 0.3) is 0 Å². The minimum atomic E-state index is -0.910. The van der Waals surface area contributed by atoms with E-state index in [2.05, 4.69) is 25.6 Å². The molecule has 0 fully saturated rings. The SMILES string of the molecule is CC(CNc1cnc(-c2cn(C)nn2)cn1)CN(C(=O)O)C(C)(C)C. The molecule has 1 amide bonds. The van der Waals surface area contributed by atoms with E-state index in [9.17, 15) is 9.90 Å². The van der Waals surface area contributed by atoms with Gasteiger partial charge in [-0.2, -0.15) is 0 Å². The molecular formula is C16H25N7O2. The lowest BCUT2D eigenvalue weighted by molar-refractivity contribution is 0.0917. The second-order valence-electron chi connectivity index (χ2n) is 7.11. The molecule has 2 heterocycles. The summed E-state index contributed by atoms with van der Waals surface area (Å²) in [6.45, 7) is 8.69. The van der Waals surface area contributed by atoms with Crippen molar-refractivity contribution in [3.63, 3.8) is 0 Å². The van der Waals surface area contributed by atoms with Gasteiger partial charge < -0.3 is 15.3 Å². The molecule has 0 aromatic carbocycles. The van der Waals surface area contributed by atoms with E-state index in [1.165, 1.54) is 4.90 Å². The van der Waals surface area contributed by atoms with E-state index in [1.54, 1.807) is 30.3 Å². The molecule has 0 saturated carbocycles. The van der Waals surface area contributed by atoms with Crippen LogP contribution in [0.5, 0.6) is 0 Å². The number of nitrogens with zero attached hydrogens (tertiary/aromatic N) is 6. The predicted molar refractivity (Wildman–Crippen MR) is 94.2 cm³/mol. The van der Waals surface area contributed by atoms with Crippen molar-refractivity contribution in [2.24, 2.45) is 13.0 Å². The Kier molecular flexibility index (Phi) is 5.55. The lowest BCUT2D eigenvalue weighted by Gasteiger charge is -2.35. The summed E-state index contributed by atoms with van der Waals surface area (Å²) in [5, 5.41) is 20.4. The summed E-state index contributed by atoms with van der Waals surface area (Å²) in [6, 6.07) is 0. The van der Waals surface area contributed by atoms with Crippen LogP contribution in [0.15, 0.2) is 18.6 Å². The first-order valence-corrected chi connectivity index (χ1v) is 8.10. The fourth-order valence-electron chi connectivity index (χ4n) is 2.31. The maximum absolute atomic E-state index is 11.4. The van der Waals surface area contributed by atoms with Crippen LogP contribution in [0.1, 0.15) is 27.7 Å². The van der Waals surface area contributed by atoms with E-state index in [1.807, 2.05) is 27.7 Å². The lowest BCUT2D eigenvalue weighted by Crippen LogP contribution is -2.47. The number of nitrogens with one attached hydrogen (secondary N) is 1. The highest BCUT2D eigenvalue weighted by atomic mass is 16.4. The molecule has 2 aromatic rings. The van der Waals surface area contributed by atoms with Crippen molar-refractivity contribution in [2.45, 2.75) is 33.2 Å². The number of aryl methyl sites for hydroxylation is 1. The summed E-state index contributed by atoms with van der Waals surface area (Å²) in [6.07, 6.45) is 4.13. The molecule has 0 aliphatic rings. The van der Waals surface area contributed by atoms with Crippen LogP contribution >= 0.6 is 0 Å². The van der Waals surface area contributed by atoms with Crippen molar-refractivity contribution in [1.82, 2.24) is 29.9 Å². The van der Waals surface area contributed by atoms with Gasteiger partial charge in [-0.1, -0.05) is 12.1 Å². The Morgan fingerprint density at radius 1 is 1.32 bits per heavy atom. The minimum absolute atomic E-state index is 0.122. The molecule has 0 bridgehead atoms. The molecule has 1 unspecified atom stereocenters. The highest BCUT2D eigenvalue weighted by molar-refractivity contribution is 5.66. The summed E-state index contributed by atoms with van der Waals surface area (Å²) in [5.74, 6) is 0.758. The lowest BCUT2D eigenvalue weighted by atomic mass is 10.0. The minimum Gasteiger partial charge on any atom is -0.465 e. The number of aromatic nitrogens is 5. The van der Waals surface area contributed by atoms with Crippen molar-refractivity contribution >= 4 is 11.9 Å². The van der Waals surface area contributed by atoms with Crippen LogP contribution in [0.3, 0.4) is 0 Å². The topological polar surface area (TPSA) is 109 Å². The molecule has 2 aromatic heterocycles. The van der Waals surface area contributed by atoms with Crippen LogP contribution in [-0.2, 0) is 7.05 Å². The van der Waals surface area contributed by atoms with Gasteiger partial charge in [0, 0.05) is 25.7 Å². The van der Waals surface area contributed by atoms with E-state index in [-0.39, 0.29) is 5.92 Å². The Morgan fingerprint density at radius 2 is 2.04 bits per heavy atom. The van der Waals surface area contributed by atoms with Gasteiger partial charge in [0.2, 0.25) is 0 Å². The Labute approximate surface area is 147 Å². The monoisotopic (exact) mass is 347 g/mol. The molecule has 25 heavy (non-hydrogen) atoms. The second kappa shape index (κ2) is 7.45. The second-order valence-corrected chi connectivity index (χ2v) is 7.11. The zero-order chi connectivity index (χ0) is 18.6. The van der Waals surface area contributed by atoms with Gasteiger partial charge in [0.1, 0.15) is 17.2 Å². The largest absolute Gasteiger partial charge is 0.465 e. The quantitative estimate of drug-likeness (QED) is 0.823. The molecule has 0 saturated heterocycles. The molecule has 9 heteroatoms. The summed E-state index contributed by atoms with van der Waals surface area (Å²) < 4.78 is 1.61. The number of carboxylic acid groups (broad SMARTS) is 1. The van der Waals surface area contributed by atoms with Crippen LogP contribution in [0.25, 0.3) is 11.4 Å². The highest BCUT2D eigenvalue weighted by Crippen LogP contribution is 2.17. The van der Waals surface area contributed by atoms with Crippen molar-refractivity contribution < 1.29 is 9.90 Å². The summed E-state index contributed by atoms with van der Waals surface area (Å²) in [4.78, 5) is 21.5. The number of rotatable bonds is 6. The molecule has 136 valence electrons. The highest BCUT2D eigenvalue weighted by Gasteiger charge is 2.27.